The van der Waals surface area contributed by atoms with Crippen molar-refractivity contribution in [2.24, 2.45) is 0 Å². The molecule has 26 heavy (non-hydrogen) atoms. The monoisotopic (exact) mass is 415 g/mol. The molecule has 1 aliphatic heterocycles. The number of anilines is 1. The Bertz CT molecular complexity index is 833. The van der Waals surface area contributed by atoms with Gasteiger partial charge in [-0.2, -0.15) is 0 Å². The van der Waals surface area contributed by atoms with Crippen LogP contribution in [0.4, 0.5) is 5.69 Å². The molecule has 0 saturated carbocycles. The molecule has 2 aromatic rings. The summed E-state index contributed by atoms with van der Waals surface area (Å²) in [7, 11) is -3.68. The predicted octanol–water partition coefficient (Wildman–Crippen LogP) is 2.75. The third-order valence-corrected chi connectivity index (χ3v) is 7.03. The number of piperazine rings is 1. The summed E-state index contributed by atoms with van der Waals surface area (Å²) in [5.74, 6) is -0.139. The Kier molecular flexibility index (Phi) is 7.05. The number of rotatable bonds is 5. The van der Waals surface area contributed by atoms with E-state index in [1.807, 2.05) is 0 Å². The number of likely N-dealkylation sites (N-methyl/N-ethyl adjacent to an activating group) is 1. The van der Waals surface area contributed by atoms with Gasteiger partial charge in [-0.25, -0.2) is 8.42 Å². The second-order valence-corrected chi connectivity index (χ2v) is 8.67. The molecule has 0 bridgehead atoms. The molecule has 9 heteroatoms. The fraction of sp³-hybridized carbons (Fsp3) is 0.353. The van der Waals surface area contributed by atoms with E-state index >= 15 is 0 Å². The summed E-state index contributed by atoms with van der Waals surface area (Å²) < 4.78 is 27.7. The van der Waals surface area contributed by atoms with Crippen molar-refractivity contribution in [3.63, 3.8) is 0 Å². The Morgan fingerprint density at radius 2 is 1.81 bits per heavy atom. The molecule has 1 saturated heterocycles. The minimum Gasteiger partial charge on any atom is -0.336 e. The summed E-state index contributed by atoms with van der Waals surface area (Å²) in [6.45, 7) is 6.05. The van der Waals surface area contributed by atoms with Crippen molar-refractivity contribution in [2.75, 3.05) is 37.4 Å². The van der Waals surface area contributed by atoms with Crippen LogP contribution >= 0.6 is 23.7 Å². The normalized spacial score (nSPS) is 15.3. The molecule has 0 aliphatic carbocycles. The minimum atomic E-state index is -3.68. The largest absolute Gasteiger partial charge is 0.336 e. The van der Waals surface area contributed by atoms with Gasteiger partial charge in [-0.05, 0) is 30.1 Å². The van der Waals surface area contributed by atoms with E-state index in [1.54, 1.807) is 46.7 Å². The number of benzene rings is 1. The molecule has 1 N–H and O–H groups in total. The fourth-order valence-corrected chi connectivity index (χ4v) is 4.88. The highest BCUT2D eigenvalue weighted by atomic mass is 35.5. The summed E-state index contributed by atoms with van der Waals surface area (Å²) in [6, 6.07) is 9.99. The smallest absolute Gasteiger partial charge is 0.271 e. The molecule has 1 amide bonds. The number of carbonyl (C=O) groups excluding carboxylic acids is 1. The Morgan fingerprint density at radius 3 is 2.42 bits per heavy atom. The molecule has 0 unspecified atom stereocenters. The lowest BCUT2D eigenvalue weighted by Gasteiger charge is -2.34. The SMILES string of the molecule is CCN1CCN(C(=O)c2ccccc2NS(=O)(=O)c2cccs2)CC1.Cl. The number of hydrogen-bond donors (Lipinski definition) is 1. The van der Waals surface area contributed by atoms with Gasteiger partial charge in [0.1, 0.15) is 4.21 Å². The van der Waals surface area contributed by atoms with Crippen molar-refractivity contribution in [1.29, 1.82) is 0 Å². The summed E-state index contributed by atoms with van der Waals surface area (Å²) in [5.41, 5.74) is 0.700. The first kappa shape index (κ1) is 20.7. The van der Waals surface area contributed by atoms with Crippen LogP contribution in [0.3, 0.4) is 0 Å². The van der Waals surface area contributed by atoms with Gasteiger partial charge in [0.05, 0.1) is 11.3 Å². The van der Waals surface area contributed by atoms with Crippen LogP contribution < -0.4 is 4.72 Å². The van der Waals surface area contributed by atoms with E-state index in [0.29, 0.717) is 24.3 Å². The molecular weight excluding hydrogens is 394 g/mol. The lowest BCUT2D eigenvalue weighted by atomic mass is 10.1. The van der Waals surface area contributed by atoms with Crippen LogP contribution in [0.25, 0.3) is 0 Å². The molecule has 1 aromatic heterocycles. The number of thiophene rings is 1. The van der Waals surface area contributed by atoms with Crippen molar-refractivity contribution in [3.8, 4) is 0 Å². The zero-order valence-electron chi connectivity index (χ0n) is 14.4. The maximum atomic E-state index is 12.9. The summed E-state index contributed by atoms with van der Waals surface area (Å²) in [5, 5.41) is 1.71. The van der Waals surface area contributed by atoms with Crippen LogP contribution in [0.1, 0.15) is 17.3 Å². The molecular formula is C17H22ClN3O3S2. The zero-order chi connectivity index (χ0) is 17.9. The molecule has 0 spiro atoms. The molecule has 3 rings (SSSR count). The van der Waals surface area contributed by atoms with Gasteiger partial charge in [-0.15, -0.1) is 23.7 Å². The first-order chi connectivity index (χ1) is 12.0. The first-order valence-corrected chi connectivity index (χ1v) is 10.5. The fourth-order valence-electron chi connectivity index (χ4n) is 2.81. The van der Waals surface area contributed by atoms with Crippen LogP contribution in [-0.4, -0.2) is 56.8 Å². The molecule has 142 valence electrons. The van der Waals surface area contributed by atoms with E-state index in [2.05, 4.69) is 16.5 Å². The van der Waals surface area contributed by atoms with Crippen molar-refractivity contribution in [2.45, 2.75) is 11.1 Å². The van der Waals surface area contributed by atoms with E-state index in [4.69, 9.17) is 0 Å². The Labute approximate surface area is 164 Å². The highest BCUT2D eigenvalue weighted by molar-refractivity contribution is 7.94. The maximum absolute atomic E-state index is 12.9. The second kappa shape index (κ2) is 8.85. The summed E-state index contributed by atoms with van der Waals surface area (Å²) in [6.07, 6.45) is 0. The maximum Gasteiger partial charge on any atom is 0.271 e. The molecule has 1 aliphatic rings. The third-order valence-electron chi connectivity index (χ3n) is 4.27. The Balaban J connectivity index is 0.00000243. The Hall–Kier alpha value is -1.61. The van der Waals surface area contributed by atoms with Crippen molar-refractivity contribution in [3.05, 3.63) is 47.3 Å². The number of nitrogens with one attached hydrogen (secondary N) is 1. The van der Waals surface area contributed by atoms with E-state index < -0.39 is 10.0 Å². The third kappa shape index (κ3) is 4.56. The molecule has 1 fully saturated rings. The number of para-hydroxylation sites is 1. The van der Waals surface area contributed by atoms with Gasteiger partial charge in [0.2, 0.25) is 0 Å². The summed E-state index contributed by atoms with van der Waals surface area (Å²) >= 11 is 1.14. The number of amides is 1. The zero-order valence-corrected chi connectivity index (χ0v) is 16.9. The van der Waals surface area contributed by atoms with Gasteiger partial charge in [-0.1, -0.05) is 25.1 Å². The number of nitrogens with zero attached hydrogens (tertiary/aromatic N) is 2. The predicted molar refractivity (Wildman–Crippen MR) is 107 cm³/mol. The van der Waals surface area contributed by atoms with Gasteiger partial charge in [0.25, 0.3) is 15.9 Å². The van der Waals surface area contributed by atoms with Crippen LogP contribution in [0.15, 0.2) is 46.0 Å². The van der Waals surface area contributed by atoms with E-state index in [0.717, 1.165) is 31.0 Å². The number of hydrogen-bond acceptors (Lipinski definition) is 5. The van der Waals surface area contributed by atoms with E-state index in [1.165, 1.54) is 0 Å². The van der Waals surface area contributed by atoms with Gasteiger partial charge in [-0.3, -0.25) is 9.52 Å². The van der Waals surface area contributed by atoms with Crippen molar-refractivity contribution < 1.29 is 13.2 Å². The van der Waals surface area contributed by atoms with Gasteiger partial charge >= 0.3 is 0 Å². The van der Waals surface area contributed by atoms with Crippen LogP contribution in [-0.2, 0) is 10.0 Å². The van der Waals surface area contributed by atoms with Crippen LogP contribution in [0.2, 0.25) is 0 Å². The first-order valence-electron chi connectivity index (χ1n) is 8.18. The number of sulfonamides is 1. The quantitative estimate of drug-likeness (QED) is 0.815. The minimum absolute atomic E-state index is 0. The van der Waals surface area contributed by atoms with Crippen LogP contribution in [0, 0.1) is 0 Å². The lowest BCUT2D eigenvalue weighted by Crippen LogP contribution is -2.48. The average molecular weight is 416 g/mol. The Morgan fingerprint density at radius 1 is 1.12 bits per heavy atom. The second-order valence-electron chi connectivity index (χ2n) is 5.81. The van der Waals surface area contributed by atoms with Gasteiger partial charge < -0.3 is 9.80 Å². The lowest BCUT2D eigenvalue weighted by molar-refractivity contribution is 0.0644. The number of carbonyl (C=O) groups is 1. The van der Waals surface area contributed by atoms with Crippen molar-refractivity contribution >= 4 is 45.4 Å². The van der Waals surface area contributed by atoms with Crippen LogP contribution in [0.5, 0.6) is 0 Å². The standard InChI is InChI=1S/C17H21N3O3S2.ClH/c1-2-19-9-11-20(12-10-19)17(21)14-6-3-4-7-15(14)18-25(22,23)16-8-5-13-24-16;/h3-8,13,18H,2,9-12H2,1H3;1H. The van der Waals surface area contributed by atoms with Gasteiger partial charge in [0, 0.05) is 26.2 Å². The average Bonchev–Trinajstić information content (AvgIpc) is 3.17. The molecule has 2 heterocycles. The number of halogens is 1. The highest BCUT2D eigenvalue weighted by Gasteiger charge is 2.25. The highest BCUT2D eigenvalue weighted by Crippen LogP contribution is 2.24. The molecule has 6 nitrogen and oxygen atoms in total. The van der Waals surface area contributed by atoms with Gasteiger partial charge in [0.15, 0.2) is 0 Å². The molecule has 1 aromatic carbocycles. The van der Waals surface area contributed by atoms with E-state index in [9.17, 15) is 13.2 Å². The topological polar surface area (TPSA) is 69.7 Å². The molecule has 0 atom stereocenters. The van der Waals surface area contributed by atoms with Crippen molar-refractivity contribution in [1.82, 2.24) is 9.80 Å². The summed E-state index contributed by atoms with van der Waals surface area (Å²) in [4.78, 5) is 16.9. The van der Waals surface area contributed by atoms with E-state index in [-0.39, 0.29) is 22.5 Å². The molecule has 0 radical (unpaired) electrons.